The third kappa shape index (κ3) is 2.80. The van der Waals surface area contributed by atoms with Crippen LogP contribution in [0.3, 0.4) is 0 Å². The van der Waals surface area contributed by atoms with Gasteiger partial charge >= 0.3 is 0 Å². The Balaban J connectivity index is 2.97. The summed E-state index contributed by atoms with van der Waals surface area (Å²) < 4.78 is 23.9. The fourth-order valence-electron chi connectivity index (χ4n) is 1.15. The van der Waals surface area contributed by atoms with Gasteiger partial charge in [-0.05, 0) is 12.1 Å². The van der Waals surface area contributed by atoms with Crippen LogP contribution in [-0.4, -0.2) is 18.9 Å². The minimum Gasteiger partial charge on any atom is -0.397 e. The Morgan fingerprint density at radius 3 is 2.67 bits per heavy atom. The molecule has 1 aromatic carbocycles. The molecule has 5 N–H and O–H groups in total. The number of para-hydroxylation sites is 1. The van der Waals surface area contributed by atoms with E-state index in [4.69, 9.17) is 11.5 Å². The summed E-state index contributed by atoms with van der Waals surface area (Å²) in [6.07, 6.45) is -2.52. The number of nitrogens with one attached hydrogen (secondary N) is 1. The number of nitrogen functional groups attached to an aromatic ring is 1. The predicted octanol–water partition coefficient (Wildman–Crippen LogP) is 1.04. The summed E-state index contributed by atoms with van der Waals surface area (Å²) in [5, 5.41) is 2.39. The first-order valence-electron chi connectivity index (χ1n) is 4.22. The van der Waals surface area contributed by atoms with Gasteiger partial charge in [-0.25, -0.2) is 8.78 Å². The van der Waals surface area contributed by atoms with Gasteiger partial charge in [-0.1, -0.05) is 6.07 Å². The highest BCUT2D eigenvalue weighted by Gasteiger charge is 2.12. The van der Waals surface area contributed by atoms with Crippen molar-refractivity contribution in [2.24, 2.45) is 5.73 Å². The minimum absolute atomic E-state index is 0.107. The number of nitrogens with two attached hydrogens (primary N) is 2. The van der Waals surface area contributed by atoms with E-state index in [2.05, 4.69) is 5.32 Å². The van der Waals surface area contributed by atoms with Gasteiger partial charge in [0.2, 0.25) is 0 Å². The predicted molar refractivity (Wildman–Crippen MR) is 53.9 cm³/mol. The van der Waals surface area contributed by atoms with Crippen LogP contribution in [-0.2, 0) is 0 Å². The molecule has 0 aliphatic carbocycles. The number of halogens is 2. The lowest BCUT2D eigenvalue weighted by molar-refractivity contribution is 0.100. The molecule has 0 saturated heterocycles. The third-order valence-electron chi connectivity index (χ3n) is 1.80. The molecular formula is C9H11F2N3O. The first kappa shape index (κ1) is 11.2. The number of hydrogen-bond acceptors (Lipinski definition) is 3. The van der Waals surface area contributed by atoms with Crippen molar-refractivity contribution in [1.82, 2.24) is 0 Å². The van der Waals surface area contributed by atoms with Gasteiger partial charge in [0.1, 0.15) is 0 Å². The van der Waals surface area contributed by atoms with Crippen molar-refractivity contribution >= 4 is 17.3 Å². The molecule has 0 atom stereocenters. The van der Waals surface area contributed by atoms with Gasteiger partial charge in [-0.3, -0.25) is 4.79 Å². The van der Waals surface area contributed by atoms with Gasteiger partial charge in [0.25, 0.3) is 12.3 Å². The zero-order chi connectivity index (χ0) is 11.4. The standard InChI is InChI=1S/C9H11F2N3O/c10-7(11)4-14-8-5(9(13)15)2-1-3-6(8)12/h1-3,7,14H,4,12H2,(H2,13,15). The summed E-state index contributed by atoms with van der Waals surface area (Å²) in [6, 6.07) is 4.45. The first-order chi connectivity index (χ1) is 7.02. The van der Waals surface area contributed by atoms with E-state index in [9.17, 15) is 13.6 Å². The lowest BCUT2D eigenvalue weighted by Crippen LogP contribution is -2.18. The summed E-state index contributed by atoms with van der Waals surface area (Å²) in [5.74, 6) is -0.709. The zero-order valence-electron chi connectivity index (χ0n) is 7.84. The van der Waals surface area contributed by atoms with Gasteiger partial charge in [-0.2, -0.15) is 0 Å². The molecule has 15 heavy (non-hydrogen) atoms. The number of carbonyl (C=O) groups is 1. The van der Waals surface area contributed by atoms with E-state index in [1.807, 2.05) is 0 Å². The summed E-state index contributed by atoms with van der Waals surface area (Å²) in [4.78, 5) is 11.0. The average molecular weight is 215 g/mol. The minimum atomic E-state index is -2.52. The number of rotatable bonds is 4. The molecule has 0 bridgehead atoms. The molecule has 0 radical (unpaired) electrons. The second-order valence-corrected chi connectivity index (χ2v) is 2.91. The molecule has 1 aromatic rings. The Labute approximate surface area is 85.2 Å². The van der Waals surface area contributed by atoms with Gasteiger partial charge in [0.15, 0.2) is 0 Å². The third-order valence-corrected chi connectivity index (χ3v) is 1.80. The second-order valence-electron chi connectivity index (χ2n) is 2.91. The maximum atomic E-state index is 12.0. The van der Waals surface area contributed by atoms with Crippen LogP contribution in [0.15, 0.2) is 18.2 Å². The SMILES string of the molecule is NC(=O)c1cccc(N)c1NCC(F)F. The van der Waals surface area contributed by atoms with Gasteiger partial charge in [-0.15, -0.1) is 0 Å². The fourth-order valence-corrected chi connectivity index (χ4v) is 1.15. The summed E-state index contributed by atoms with van der Waals surface area (Å²) in [7, 11) is 0. The van der Waals surface area contributed by atoms with Gasteiger partial charge in [0.05, 0.1) is 23.5 Å². The lowest BCUT2D eigenvalue weighted by Gasteiger charge is -2.11. The van der Waals surface area contributed by atoms with Crippen LogP contribution >= 0.6 is 0 Å². The smallest absolute Gasteiger partial charge is 0.255 e. The van der Waals surface area contributed by atoms with Crippen LogP contribution in [0.1, 0.15) is 10.4 Å². The average Bonchev–Trinajstić information content (AvgIpc) is 2.15. The van der Waals surface area contributed by atoms with Crippen molar-refractivity contribution in [3.8, 4) is 0 Å². The summed E-state index contributed by atoms with van der Waals surface area (Å²) in [5.41, 5.74) is 11.1. The van der Waals surface area contributed by atoms with Crippen LogP contribution < -0.4 is 16.8 Å². The van der Waals surface area contributed by atoms with Crippen LogP contribution in [0.25, 0.3) is 0 Å². The Morgan fingerprint density at radius 2 is 2.13 bits per heavy atom. The van der Waals surface area contributed by atoms with Gasteiger partial charge in [0, 0.05) is 0 Å². The molecule has 0 fully saturated rings. The zero-order valence-corrected chi connectivity index (χ0v) is 7.84. The number of anilines is 2. The number of benzene rings is 1. The molecule has 1 amide bonds. The van der Waals surface area contributed by atoms with Crippen molar-refractivity contribution < 1.29 is 13.6 Å². The highest BCUT2D eigenvalue weighted by atomic mass is 19.3. The van der Waals surface area contributed by atoms with E-state index in [1.165, 1.54) is 18.2 Å². The summed E-state index contributed by atoms with van der Waals surface area (Å²) >= 11 is 0. The molecule has 1 rings (SSSR count). The molecule has 0 heterocycles. The topological polar surface area (TPSA) is 81.1 Å². The van der Waals surface area contributed by atoms with E-state index in [-0.39, 0.29) is 16.9 Å². The van der Waals surface area contributed by atoms with E-state index in [1.54, 1.807) is 0 Å². The molecule has 0 saturated carbocycles. The van der Waals surface area contributed by atoms with Crippen molar-refractivity contribution in [3.05, 3.63) is 23.8 Å². The van der Waals surface area contributed by atoms with Crippen molar-refractivity contribution in [2.45, 2.75) is 6.43 Å². The molecule has 82 valence electrons. The van der Waals surface area contributed by atoms with Crippen LogP contribution in [0.4, 0.5) is 20.2 Å². The molecule has 6 heteroatoms. The highest BCUT2D eigenvalue weighted by molar-refractivity contribution is 6.01. The number of alkyl halides is 2. The second kappa shape index (κ2) is 4.59. The molecule has 0 aromatic heterocycles. The number of hydrogen-bond donors (Lipinski definition) is 3. The lowest BCUT2D eigenvalue weighted by atomic mass is 10.1. The monoisotopic (exact) mass is 215 g/mol. The van der Waals surface area contributed by atoms with Gasteiger partial charge < -0.3 is 16.8 Å². The van der Waals surface area contributed by atoms with Crippen molar-refractivity contribution in [3.63, 3.8) is 0 Å². The van der Waals surface area contributed by atoms with E-state index in [0.29, 0.717) is 0 Å². The van der Waals surface area contributed by atoms with Crippen molar-refractivity contribution in [2.75, 3.05) is 17.6 Å². The van der Waals surface area contributed by atoms with Crippen LogP contribution in [0.2, 0.25) is 0 Å². The maximum absolute atomic E-state index is 12.0. The normalized spacial score (nSPS) is 10.3. The number of amides is 1. The summed E-state index contributed by atoms with van der Waals surface area (Å²) in [6.45, 7) is -0.575. The van der Waals surface area contributed by atoms with Crippen LogP contribution in [0.5, 0.6) is 0 Å². The molecule has 4 nitrogen and oxygen atoms in total. The molecule has 0 aliphatic rings. The fraction of sp³-hybridized carbons (Fsp3) is 0.222. The Bertz CT molecular complexity index is 368. The molecule has 0 unspecified atom stereocenters. The highest BCUT2D eigenvalue weighted by Crippen LogP contribution is 2.23. The molecular weight excluding hydrogens is 204 g/mol. The number of carbonyl (C=O) groups excluding carboxylic acids is 1. The van der Waals surface area contributed by atoms with E-state index in [0.717, 1.165) is 0 Å². The molecule has 0 aliphatic heterocycles. The van der Waals surface area contributed by atoms with Crippen LogP contribution in [0, 0.1) is 0 Å². The first-order valence-corrected chi connectivity index (χ1v) is 4.22. The Kier molecular flexibility index (Phi) is 3.43. The molecule has 0 spiro atoms. The largest absolute Gasteiger partial charge is 0.397 e. The number of primary amides is 1. The Hall–Kier alpha value is -1.85. The quantitative estimate of drug-likeness (QED) is 0.656. The van der Waals surface area contributed by atoms with E-state index >= 15 is 0 Å². The maximum Gasteiger partial charge on any atom is 0.255 e. The Morgan fingerprint density at radius 1 is 1.47 bits per heavy atom. The van der Waals surface area contributed by atoms with Crippen molar-refractivity contribution in [1.29, 1.82) is 0 Å². The van der Waals surface area contributed by atoms with E-state index < -0.39 is 18.9 Å².